The molecular formula is C18H21ClFN3O2S. The predicted octanol–water partition coefficient (Wildman–Crippen LogP) is 3.31. The van der Waals surface area contributed by atoms with E-state index in [1.54, 1.807) is 12.1 Å². The minimum Gasteiger partial charge on any atom is -0.337 e. The van der Waals surface area contributed by atoms with Crippen molar-refractivity contribution in [2.45, 2.75) is 13.3 Å². The highest BCUT2D eigenvalue weighted by Crippen LogP contribution is 2.28. The molecule has 0 aliphatic carbocycles. The molecule has 26 heavy (non-hydrogen) atoms. The Balaban J connectivity index is 0.00000243. The Kier molecular flexibility index (Phi) is 7.14. The topological polar surface area (TPSA) is 61.4 Å². The summed E-state index contributed by atoms with van der Waals surface area (Å²) in [6.45, 7) is 4.98. The van der Waals surface area contributed by atoms with E-state index >= 15 is 0 Å². The van der Waals surface area contributed by atoms with Gasteiger partial charge in [0.05, 0.1) is 9.88 Å². The summed E-state index contributed by atoms with van der Waals surface area (Å²) in [6, 6.07) is 7.30. The maximum absolute atomic E-state index is 13.2. The lowest BCUT2D eigenvalue weighted by Gasteiger charge is -2.19. The van der Waals surface area contributed by atoms with Gasteiger partial charge in [-0.25, -0.2) is 4.39 Å². The molecule has 1 aromatic carbocycles. The van der Waals surface area contributed by atoms with Crippen LogP contribution in [0, 0.1) is 12.7 Å². The molecule has 8 heteroatoms. The molecule has 0 saturated carbocycles. The first-order valence-corrected chi connectivity index (χ1v) is 9.03. The summed E-state index contributed by atoms with van der Waals surface area (Å²) >= 11 is 1.26. The molecule has 2 amide bonds. The maximum Gasteiger partial charge on any atom is 0.264 e. The summed E-state index contributed by atoms with van der Waals surface area (Å²) in [5.74, 6) is -0.850. The zero-order chi connectivity index (χ0) is 17.8. The van der Waals surface area contributed by atoms with Gasteiger partial charge in [0.2, 0.25) is 0 Å². The van der Waals surface area contributed by atoms with Gasteiger partial charge in [0, 0.05) is 25.2 Å². The van der Waals surface area contributed by atoms with E-state index in [1.807, 2.05) is 11.8 Å². The molecule has 0 unspecified atom stereocenters. The number of nitrogens with zero attached hydrogens (tertiary/aromatic N) is 1. The molecule has 0 spiro atoms. The summed E-state index contributed by atoms with van der Waals surface area (Å²) in [5.41, 5.74) is 1.08. The van der Waals surface area contributed by atoms with E-state index in [0.29, 0.717) is 16.4 Å². The minimum atomic E-state index is -0.458. The third-order valence-corrected chi connectivity index (χ3v) is 5.20. The van der Waals surface area contributed by atoms with Crippen molar-refractivity contribution in [1.82, 2.24) is 10.2 Å². The Bertz CT molecular complexity index is 788. The number of benzene rings is 1. The van der Waals surface area contributed by atoms with Gasteiger partial charge in [-0.2, -0.15) is 0 Å². The molecule has 5 nitrogen and oxygen atoms in total. The molecule has 1 aromatic heterocycles. The van der Waals surface area contributed by atoms with Crippen molar-refractivity contribution in [2.75, 3.05) is 31.5 Å². The zero-order valence-corrected chi connectivity index (χ0v) is 16.0. The zero-order valence-electron chi connectivity index (χ0n) is 14.4. The number of amides is 2. The summed E-state index contributed by atoms with van der Waals surface area (Å²) in [7, 11) is 0. The number of carbonyl (C=O) groups is 2. The lowest BCUT2D eigenvalue weighted by Crippen LogP contribution is -2.34. The van der Waals surface area contributed by atoms with Gasteiger partial charge in [0.25, 0.3) is 11.8 Å². The van der Waals surface area contributed by atoms with Crippen LogP contribution in [0.15, 0.2) is 30.3 Å². The van der Waals surface area contributed by atoms with Crippen LogP contribution in [-0.4, -0.2) is 42.9 Å². The van der Waals surface area contributed by atoms with E-state index in [1.165, 1.54) is 29.5 Å². The number of rotatable bonds is 3. The molecule has 2 heterocycles. The van der Waals surface area contributed by atoms with Crippen LogP contribution in [0.4, 0.5) is 9.39 Å². The first-order chi connectivity index (χ1) is 12.0. The summed E-state index contributed by atoms with van der Waals surface area (Å²) in [4.78, 5) is 27.4. The van der Waals surface area contributed by atoms with Crippen LogP contribution in [-0.2, 0) is 0 Å². The predicted molar refractivity (Wildman–Crippen MR) is 104 cm³/mol. The number of nitrogens with one attached hydrogen (secondary N) is 2. The van der Waals surface area contributed by atoms with E-state index in [4.69, 9.17) is 0 Å². The Hall–Kier alpha value is -1.96. The Morgan fingerprint density at radius 1 is 1.23 bits per heavy atom. The fourth-order valence-electron chi connectivity index (χ4n) is 2.76. The highest BCUT2D eigenvalue weighted by atomic mass is 35.5. The van der Waals surface area contributed by atoms with Crippen molar-refractivity contribution in [1.29, 1.82) is 0 Å². The Morgan fingerprint density at radius 3 is 2.81 bits per heavy atom. The van der Waals surface area contributed by atoms with Gasteiger partial charge >= 0.3 is 0 Å². The molecular weight excluding hydrogens is 377 g/mol. The average Bonchev–Trinajstić information content (AvgIpc) is 2.79. The number of hydrogen-bond donors (Lipinski definition) is 2. The van der Waals surface area contributed by atoms with Crippen molar-refractivity contribution >= 4 is 40.6 Å². The number of carbonyl (C=O) groups excluding carboxylic acids is 2. The van der Waals surface area contributed by atoms with E-state index < -0.39 is 11.7 Å². The van der Waals surface area contributed by atoms with Crippen molar-refractivity contribution < 1.29 is 14.0 Å². The van der Waals surface area contributed by atoms with Crippen molar-refractivity contribution in [3.63, 3.8) is 0 Å². The molecule has 1 aliphatic rings. The largest absolute Gasteiger partial charge is 0.337 e. The van der Waals surface area contributed by atoms with Gasteiger partial charge in [0.15, 0.2) is 0 Å². The third kappa shape index (κ3) is 4.81. The van der Waals surface area contributed by atoms with E-state index in [-0.39, 0.29) is 23.9 Å². The molecule has 140 valence electrons. The van der Waals surface area contributed by atoms with Crippen molar-refractivity contribution in [3.05, 3.63) is 52.2 Å². The number of halogens is 2. The van der Waals surface area contributed by atoms with Gasteiger partial charge < -0.3 is 15.5 Å². The first kappa shape index (κ1) is 20.4. The summed E-state index contributed by atoms with van der Waals surface area (Å²) in [6.07, 6.45) is 0.930. The average molecular weight is 398 g/mol. The molecule has 0 bridgehead atoms. The van der Waals surface area contributed by atoms with Crippen LogP contribution in [0.5, 0.6) is 0 Å². The molecule has 1 aliphatic heterocycles. The second kappa shape index (κ2) is 9.12. The van der Waals surface area contributed by atoms with Crippen LogP contribution in [0.25, 0.3) is 0 Å². The van der Waals surface area contributed by atoms with Gasteiger partial charge in [-0.05, 0) is 49.7 Å². The Morgan fingerprint density at radius 2 is 2.04 bits per heavy atom. The molecule has 1 saturated heterocycles. The van der Waals surface area contributed by atoms with Crippen molar-refractivity contribution in [3.8, 4) is 0 Å². The standard InChI is InChI=1S/C18H20FN3O2S.ClH/c1-12-10-15(21-17(23)13-4-2-5-14(19)11-13)25-16(12)18(24)22-8-3-6-20-7-9-22;/h2,4-5,10-11,20H,3,6-9H2,1H3,(H,21,23);1H. The number of anilines is 1. The molecule has 2 N–H and O–H groups in total. The fraction of sp³-hybridized carbons (Fsp3) is 0.333. The molecule has 3 rings (SSSR count). The van der Waals surface area contributed by atoms with E-state index in [2.05, 4.69) is 10.6 Å². The molecule has 2 aromatic rings. The quantitative estimate of drug-likeness (QED) is 0.835. The highest BCUT2D eigenvalue weighted by Gasteiger charge is 2.22. The second-order valence-electron chi connectivity index (χ2n) is 5.98. The van der Waals surface area contributed by atoms with Crippen LogP contribution in [0.3, 0.4) is 0 Å². The normalized spacial score (nSPS) is 14.3. The molecule has 1 fully saturated rings. The van der Waals surface area contributed by atoms with Gasteiger partial charge in [-0.15, -0.1) is 23.7 Å². The van der Waals surface area contributed by atoms with Crippen molar-refractivity contribution in [2.24, 2.45) is 0 Å². The minimum absolute atomic E-state index is 0. The first-order valence-electron chi connectivity index (χ1n) is 8.22. The van der Waals surface area contributed by atoms with Crippen LogP contribution >= 0.6 is 23.7 Å². The number of hydrogen-bond acceptors (Lipinski definition) is 4. The SMILES string of the molecule is Cc1cc(NC(=O)c2cccc(F)c2)sc1C(=O)N1CCCNCC1.Cl. The Labute approximate surface area is 162 Å². The van der Waals surface area contributed by atoms with Gasteiger partial charge in [-0.1, -0.05) is 6.07 Å². The van der Waals surface area contributed by atoms with E-state index in [0.717, 1.165) is 31.6 Å². The lowest BCUT2D eigenvalue weighted by molar-refractivity contribution is 0.0770. The summed E-state index contributed by atoms with van der Waals surface area (Å²) in [5, 5.41) is 6.61. The fourth-order valence-corrected chi connectivity index (χ4v) is 3.80. The maximum atomic E-state index is 13.2. The smallest absolute Gasteiger partial charge is 0.264 e. The molecule has 0 radical (unpaired) electrons. The highest BCUT2D eigenvalue weighted by molar-refractivity contribution is 7.18. The lowest BCUT2D eigenvalue weighted by atomic mass is 10.2. The van der Waals surface area contributed by atoms with E-state index in [9.17, 15) is 14.0 Å². The number of thiophene rings is 1. The monoisotopic (exact) mass is 397 g/mol. The number of aryl methyl sites for hydroxylation is 1. The molecule has 0 atom stereocenters. The van der Waals surface area contributed by atoms with Crippen LogP contribution in [0.1, 0.15) is 32.0 Å². The summed E-state index contributed by atoms with van der Waals surface area (Å²) < 4.78 is 13.2. The second-order valence-corrected chi connectivity index (χ2v) is 7.04. The van der Waals surface area contributed by atoms with Crippen LogP contribution in [0.2, 0.25) is 0 Å². The van der Waals surface area contributed by atoms with Crippen LogP contribution < -0.4 is 10.6 Å². The third-order valence-electron chi connectivity index (χ3n) is 4.06. The van der Waals surface area contributed by atoms with Gasteiger partial charge in [-0.3, -0.25) is 9.59 Å². The van der Waals surface area contributed by atoms with Gasteiger partial charge in [0.1, 0.15) is 5.82 Å².